The number of nitrogens with zero attached hydrogens (tertiary/aromatic N) is 1. The van der Waals surface area contributed by atoms with Gasteiger partial charge in [-0.1, -0.05) is 13.8 Å². The molecule has 2 rings (SSSR count). The van der Waals surface area contributed by atoms with Crippen molar-refractivity contribution in [2.45, 2.75) is 33.2 Å². The van der Waals surface area contributed by atoms with Crippen LogP contribution in [-0.4, -0.2) is 40.5 Å². The second-order valence-electron chi connectivity index (χ2n) is 6.58. The van der Waals surface area contributed by atoms with E-state index in [1.165, 1.54) is 6.26 Å². The SMILES string of the molecule is Cc1nc(-c2ccco2)ccc1C(=O)NCC(=O)N[C@@H](CC(C)C)C(=O)O. The zero-order valence-electron chi connectivity index (χ0n) is 15.5. The molecule has 3 N–H and O–H groups in total. The molecular formula is C19H23N3O5. The number of carboxylic acid groups (broad SMARTS) is 1. The standard InChI is InChI=1S/C19H23N3O5/c1-11(2)9-15(19(25)26)22-17(23)10-20-18(24)13-6-7-14(21-12(13)3)16-5-4-8-27-16/h4-8,11,15H,9-10H2,1-3H3,(H,20,24)(H,22,23)(H,25,26)/t15-/m0/s1. The van der Waals surface area contributed by atoms with Crippen LogP contribution in [0.1, 0.15) is 36.3 Å². The Morgan fingerprint density at radius 2 is 1.96 bits per heavy atom. The Morgan fingerprint density at radius 3 is 2.52 bits per heavy atom. The number of carbonyl (C=O) groups is 3. The molecule has 144 valence electrons. The third-order valence-electron chi connectivity index (χ3n) is 3.85. The summed E-state index contributed by atoms with van der Waals surface area (Å²) < 4.78 is 5.27. The summed E-state index contributed by atoms with van der Waals surface area (Å²) in [5, 5.41) is 14.0. The van der Waals surface area contributed by atoms with Crippen LogP contribution in [0.2, 0.25) is 0 Å². The molecule has 8 heteroatoms. The fourth-order valence-electron chi connectivity index (χ4n) is 2.56. The Morgan fingerprint density at radius 1 is 1.22 bits per heavy atom. The molecule has 27 heavy (non-hydrogen) atoms. The van der Waals surface area contributed by atoms with Gasteiger partial charge in [0.25, 0.3) is 5.91 Å². The van der Waals surface area contributed by atoms with Crippen LogP contribution in [0.4, 0.5) is 0 Å². The Balaban J connectivity index is 1.95. The summed E-state index contributed by atoms with van der Waals surface area (Å²) in [6, 6.07) is 5.79. The van der Waals surface area contributed by atoms with Crippen molar-refractivity contribution in [1.82, 2.24) is 15.6 Å². The number of nitrogens with one attached hydrogen (secondary N) is 2. The highest BCUT2D eigenvalue weighted by atomic mass is 16.4. The number of hydrogen-bond acceptors (Lipinski definition) is 5. The first kappa shape index (κ1) is 20.2. The molecular weight excluding hydrogens is 350 g/mol. The lowest BCUT2D eigenvalue weighted by Gasteiger charge is -2.16. The number of furan rings is 1. The number of aryl methyl sites for hydroxylation is 1. The minimum absolute atomic E-state index is 0.113. The minimum Gasteiger partial charge on any atom is -0.480 e. The first-order valence-corrected chi connectivity index (χ1v) is 8.59. The van der Waals surface area contributed by atoms with Gasteiger partial charge in [0.05, 0.1) is 24.1 Å². The Hall–Kier alpha value is -3.16. The van der Waals surface area contributed by atoms with Gasteiger partial charge in [-0.05, 0) is 43.5 Å². The maximum Gasteiger partial charge on any atom is 0.326 e. The van der Waals surface area contributed by atoms with E-state index in [9.17, 15) is 14.4 Å². The van der Waals surface area contributed by atoms with Gasteiger partial charge in [0.1, 0.15) is 11.7 Å². The molecule has 0 spiro atoms. The molecule has 0 aliphatic carbocycles. The predicted molar refractivity (Wildman–Crippen MR) is 98.0 cm³/mol. The van der Waals surface area contributed by atoms with Gasteiger partial charge in [-0.3, -0.25) is 9.59 Å². The molecule has 2 heterocycles. The van der Waals surface area contributed by atoms with Crippen molar-refractivity contribution in [3.63, 3.8) is 0 Å². The molecule has 0 radical (unpaired) electrons. The number of rotatable bonds is 8. The quantitative estimate of drug-likeness (QED) is 0.651. The molecule has 2 aromatic heterocycles. The smallest absolute Gasteiger partial charge is 0.326 e. The van der Waals surface area contributed by atoms with E-state index in [-0.39, 0.29) is 12.5 Å². The Bertz CT molecular complexity index is 815. The van der Waals surface area contributed by atoms with Crippen molar-refractivity contribution in [3.05, 3.63) is 41.8 Å². The fraction of sp³-hybridized carbons (Fsp3) is 0.368. The van der Waals surface area contributed by atoms with Crippen molar-refractivity contribution < 1.29 is 23.9 Å². The van der Waals surface area contributed by atoms with Gasteiger partial charge in [0.2, 0.25) is 5.91 Å². The molecule has 0 bridgehead atoms. The molecule has 8 nitrogen and oxygen atoms in total. The number of carboxylic acids is 1. The molecule has 0 fully saturated rings. The van der Waals surface area contributed by atoms with E-state index >= 15 is 0 Å². The van der Waals surface area contributed by atoms with Crippen LogP contribution in [0.5, 0.6) is 0 Å². The molecule has 0 saturated carbocycles. The minimum atomic E-state index is -1.10. The van der Waals surface area contributed by atoms with Crippen LogP contribution in [-0.2, 0) is 9.59 Å². The summed E-state index contributed by atoms with van der Waals surface area (Å²) >= 11 is 0. The Labute approximate surface area is 157 Å². The molecule has 0 unspecified atom stereocenters. The number of aliphatic carboxylic acids is 1. The van der Waals surface area contributed by atoms with Gasteiger partial charge >= 0.3 is 5.97 Å². The molecule has 0 aliphatic rings. The maximum absolute atomic E-state index is 12.3. The van der Waals surface area contributed by atoms with Crippen LogP contribution in [0.15, 0.2) is 34.9 Å². The van der Waals surface area contributed by atoms with Gasteiger partial charge in [-0.2, -0.15) is 0 Å². The highest BCUT2D eigenvalue weighted by Crippen LogP contribution is 2.19. The third-order valence-corrected chi connectivity index (χ3v) is 3.85. The number of amides is 2. The van der Waals surface area contributed by atoms with Crippen molar-refractivity contribution in [2.75, 3.05) is 6.54 Å². The Kier molecular flexibility index (Phi) is 6.70. The molecule has 0 aliphatic heterocycles. The van der Waals surface area contributed by atoms with Crippen LogP contribution < -0.4 is 10.6 Å². The lowest BCUT2D eigenvalue weighted by molar-refractivity contribution is -0.142. The van der Waals surface area contributed by atoms with Gasteiger partial charge in [0.15, 0.2) is 5.76 Å². The molecule has 2 aromatic rings. The van der Waals surface area contributed by atoms with Gasteiger partial charge in [0, 0.05) is 0 Å². The third kappa shape index (κ3) is 5.67. The summed E-state index contributed by atoms with van der Waals surface area (Å²) in [4.78, 5) is 39.8. The van der Waals surface area contributed by atoms with Crippen molar-refractivity contribution >= 4 is 17.8 Å². The lowest BCUT2D eigenvalue weighted by Crippen LogP contribution is -2.46. The largest absolute Gasteiger partial charge is 0.480 e. The second-order valence-corrected chi connectivity index (χ2v) is 6.58. The normalized spacial score (nSPS) is 11.9. The molecule has 2 amide bonds. The molecule has 0 aromatic carbocycles. The summed E-state index contributed by atoms with van der Waals surface area (Å²) in [5.74, 6) is -1.42. The number of hydrogen-bond donors (Lipinski definition) is 3. The van der Waals surface area contributed by atoms with Crippen molar-refractivity contribution in [2.24, 2.45) is 5.92 Å². The molecule has 0 saturated heterocycles. The van der Waals surface area contributed by atoms with Crippen LogP contribution in [0, 0.1) is 12.8 Å². The van der Waals surface area contributed by atoms with Gasteiger partial charge in [-0.15, -0.1) is 0 Å². The zero-order chi connectivity index (χ0) is 20.0. The topological polar surface area (TPSA) is 122 Å². The fourth-order valence-corrected chi connectivity index (χ4v) is 2.56. The van der Waals surface area contributed by atoms with E-state index in [0.29, 0.717) is 29.1 Å². The number of aromatic nitrogens is 1. The van der Waals surface area contributed by atoms with Crippen LogP contribution >= 0.6 is 0 Å². The lowest BCUT2D eigenvalue weighted by atomic mass is 10.0. The first-order valence-electron chi connectivity index (χ1n) is 8.59. The van der Waals surface area contributed by atoms with E-state index < -0.39 is 23.8 Å². The van der Waals surface area contributed by atoms with E-state index in [4.69, 9.17) is 9.52 Å². The second kappa shape index (κ2) is 8.98. The summed E-state index contributed by atoms with van der Waals surface area (Å²) in [6.07, 6.45) is 1.85. The number of carbonyl (C=O) groups excluding carboxylic acids is 2. The van der Waals surface area contributed by atoms with E-state index in [2.05, 4.69) is 15.6 Å². The average Bonchev–Trinajstić information content (AvgIpc) is 3.13. The van der Waals surface area contributed by atoms with E-state index in [0.717, 1.165) is 0 Å². The van der Waals surface area contributed by atoms with E-state index in [1.54, 1.807) is 31.2 Å². The first-order chi connectivity index (χ1) is 12.8. The van der Waals surface area contributed by atoms with Crippen LogP contribution in [0.25, 0.3) is 11.5 Å². The monoisotopic (exact) mass is 373 g/mol. The van der Waals surface area contributed by atoms with Crippen LogP contribution in [0.3, 0.4) is 0 Å². The molecule has 1 atom stereocenters. The summed E-state index contributed by atoms with van der Waals surface area (Å²) in [5.41, 5.74) is 1.42. The van der Waals surface area contributed by atoms with Gasteiger partial charge < -0.3 is 20.2 Å². The summed E-state index contributed by atoms with van der Waals surface area (Å²) in [6.45, 7) is 5.10. The maximum atomic E-state index is 12.3. The van der Waals surface area contributed by atoms with Gasteiger partial charge in [-0.25, -0.2) is 9.78 Å². The highest BCUT2D eigenvalue weighted by molar-refractivity contribution is 5.97. The number of pyridine rings is 1. The zero-order valence-corrected chi connectivity index (χ0v) is 15.5. The van der Waals surface area contributed by atoms with Crippen molar-refractivity contribution in [3.8, 4) is 11.5 Å². The van der Waals surface area contributed by atoms with Crippen molar-refractivity contribution in [1.29, 1.82) is 0 Å². The predicted octanol–water partition coefficient (Wildman–Crippen LogP) is 2.00. The average molecular weight is 373 g/mol. The van der Waals surface area contributed by atoms with E-state index in [1.807, 2.05) is 13.8 Å². The highest BCUT2D eigenvalue weighted by Gasteiger charge is 2.21. The summed E-state index contributed by atoms with van der Waals surface area (Å²) in [7, 11) is 0.